The second-order valence-corrected chi connectivity index (χ2v) is 3.30. The number of aryl methyl sites for hydroxylation is 2. The lowest BCUT2D eigenvalue weighted by atomic mass is 10.1. The van der Waals surface area contributed by atoms with Gasteiger partial charge in [-0.15, -0.1) is 0 Å². The molecule has 2 nitrogen and oxygen atoms in total. The topological polar surface area (TPSA) is 17.8 Å². The summed E-state index contributed by atoms with van der Waals surface area (Å²) >= 11 is 0. The van der Waals surface area contributed by atoms with Gasteiger partial charge in [0.05, 0.1) is 11.4 Å². The lowest BCUT2D eigenvalue weighted by Gasteiger charge is -2.00. The van der Waals surface area contributed by atoms with Crippen LogP contribution in [0.3, 0.4) is 0 Å². The Balaban J connectivity index is 2.54. The highest BCUT2D eigenvalue weighted by atomic mass is 19.1. The van der Waals surface area contributed by atoms with Gasteiger partial charge in [-0.1, -0.05) is 12.1 Å². The minimum atomic E-state index is -0.221. The Morgan fingerprint density at radius 2 is 2.07 bits per heavy atom. The van der Waals surface area contributed by atoms with Gasteiger partial charge in [-0.3, -0.25) is 4.68 Å². The van der Waals surface area contributed by atoms with Crippen molar-refractivity contribution in [2.75, 3.05) is 0 Å². The van der Waals surface area contributed by atoms with Crippen LogP contribution in [0.5, 0.6) is 0 Å². The van der Waals surface area contributed by atoms with Crippen molar-refractivity contribution >= 4 is 0 Å². The molecule has 0 atom stereocenters. The van der Waals surface area contributed by atoms with Gasteiger partial charge in [0.2, 0.25) is 0 Å². The smallest absolute Gasteiger partial charge is 0.123 e. The average Bonchev–Trinajstić information content (AvgIpc) is 2.45. The van der Waals surface area contributed by atoms with Crippen LogP contribution in [0.2, 0.25) is 0 Å². The van der Waals surface area contributed by atoms with Gasteiger partial charge in [0.1, 0.15) is 5.82 Å². The first-order valence-electron chi connectivity index (χ1n) is 4.43. The normalized spacial score (nSPS) is 10.5. The van der Waals surface area contributed by atoms with Crippen molar-refractivity contribution in [1.29, 1.82) is 0 Å². The fourth-order valence-corrected chi connectivity index (χ4v) is 1.53. The second kappa shape index (κ2) is 3.25. The third-order valence-corrected chi connectivity index (χ3v) is 2.12. The summed E-state index contributed by atoms with van der Waals surface area (Å²) in [6, 6.07) is 8.46. The molecule has 0 bridgehead atoms. The van der Waals surface area contributed by atoms with Gasteiger partial charge in [-0.25, -0.2) is 4.39 Å². The number of hydrogen-bond donors (Lipinski definition) is 0. The summed E-state index contributed by atoms with van der Waals surface area (Å²) in [5.41, 5.74) is 2.72. The summed E-state index contributed by atoms with van der Waals surface area (Å²) in [5.74, 6) is -0.221. The van der Waals surface area contributed by atoms with Crippen molar-refractivity contribution in [3.63, 3.8) is 0 Å². The van der Waals surface area contributed by atoms with Gasteiger partial charge >= 0.3 is 0 Å². The van der Waals surface area contributed by atoms with Crippen LogP contribution in [-0.2, 0) is 7.05 Å². The maximum Gasteiger partial charge on any atom is 0.123 e. The molecule has 0 aliphatic heterocycles. The third kappa shape index (κ3) is 1.53. The zero-order chi connectivity index (χ0) is 10.1. The van der Waals surface area contributed by atoms with Crippen molar-refractivity contribution in [3.05, 3.63) is 41.8 Å². The Bertz CT molecular complexity index is 460. The van der Waals surface area contributed by atoms with Gasteiger partial charge in [0.25, 0.3) is 0 Å². The monoisotopic (exact) mass is 190 g/mol. The van der Waals surface area contributed by atoms with Crippen LogP contribution in [0.15, 0.2) is 30.3 Å². The molecule has 0 aliphatic carbocycles. The molecule has 0 unspecified atom stereocenters. The van der Waals surface area contributed by atoms with Gasteiger partial charge in [0.15, 0.2) is 0 Å². The number of benzene rings is 1. The molecule has 1 heterocycles. The van der Waals surface area contributed by atoms with Crippen LogP contribution in [-0.4, -0.2) is 9.78 Å². The zero-order valence-electron chi connectivity index (χ0n) is 8.16. The summed E-state index contributed by atoms with van der Waals surface area (Å²) in [6.45, 7) is 1.92. The van der Waals surface area contributed by atoms with Crippen LogP contribution >= 0.6 is 0 Å². The maximum absolute atomic E-state index is 13.0. The van der Waals surface area contributed by atoms with E-state index in [1.54, 1.807) is 10.7 Å². The molecule has 1 aromatic carbocycles. The molecule has 0 radical (unpaired) electrons. The van der Waals surface area contributed by atoms with E-state index in [9.17, 15) is 4.39 Å². The van der Waals surface area contributed by atoms with E-state index >= 15 is 0 Å². The quantitative estimate of drug-likeness (QED) is 0.675. The first-order chi connectivity index (χ1) is 6.66. The molecule has 0 aliphatic rings. The summed E-state index contributed by atoms with van der Waals surface area (Å²) in [5, 5.41) is 4.21. The molecule has 0 amide bonds. The van der Waals surface area contributed by atoms with E-state index in [0.29, 0.717) is 0 Å². The molecule has 72 valence electrons. The fraction of sp³-hybridized carbons (Fsp3) is 0.182. The van der Waals surface area contributed by atoms with Crippen LogP contribution in [0.25, 0.3) is 11.3 Å². The lowest BCUT2D eigenvalue weighted by Crippen LogP contribution is -1.93. The first kappa shape index (κ1) is 8.94. The Kier molecular flexibility index (Phi) is 2.08. The number of halogens is 1. The highest BCUT2D eigenvalue weighted by molar-refractivity contribution is 5.59. The number of rotatable bonds is 1. The van der Waals surface area contributed by atoms with Crippen LogP contribution < -0.4 is 0 Å². The predicted octanol–water partition coefficient (Wildman–Crippen LogP) is 2.53. The second-order valence-electron chi connectivity index (χ2n) is 3.30. The minimum Gasteiger partial charge on any atom is -0.268 e. The van der Waals surface area contributed by atoms with E-state index in [0.717, 1.165) is 17.0 Å². The Hall–Kier alpha value is -1.64. The van der Waals surface area contributed by atoms with E-state index in [1.807, 2.05) is 26.1 Å². The van der Waals surface area contributed by atoms with E-state index < -0.39 is 0 Å². The summed E-state index contributed by atoms with van der Waals surface area (Å²) in [6.07, 6.45) is 0. The lowest BCUT2D eigenvalue weighted by molar-refractivity contribution is 0.628. The van der Waals surface area contributed by atoms with E-state index in [4.69, 9.17) is 0 Å². The van der Waals surface area contributed by atoms with Gasteiger partial charge < -0.3 is 0 Å². The zero-order valence-corrected chi connectivity index (χ0v) is 8.16. The standard InChI is InChI=1S/C11H11FN2/c1-8-6-11(14(2)13-8)9-4-3-5-10(12)7-9/h3-7H,1-2H3. The molecule has 0 saturated heterocycles. The molecule has 1 aromatic heterocycles. The van der Waals surface area contributed by atoms with E-state index in [2.05, 4.69) is 5.10 Å². The molecule has 3 heteroatoms. The largest absolute Gasteiger partial charge is 0.268 e. The molecule has 14 heavy (non-hydrogen) atoms. The molecule has 0 spiro atoms. The van der Waals surface area contributed by atoms with E-state index in [1.165, 1.54) is 12.1 Å². The Morgan fingerprint density at radius 3 is 2.64 bits per heavy atom. The Labute approximate surface area is 82.0 Å². The van der Waals surface area contributed by atoms with Crippen molar-refractivity contribution < 1.29 is 4.39 Å². The average molecular weight is 190 g/mol. The molecular weight excluding hydrogens is 179 g/mol. The van der Waals surface area contributed by atoms with Crippen LogP contribution in [0.4, 0.5) is 4.39 Å². The molecule has 0 N–H and O–H groups in total. The van der Waals surface area contributed by atoms with Crippen LogP contribution in [0.1, 0.15) is 5.69 Å². The summed E-state index contributed by atoms with van der Waals surface area (Å²) < 4.78 is 14.7. The molecule has 0 fully saturated rings. The van der Waals surface area contributed by atoms with Gasteiger partial charge in [-0.05, 0) is 25.1 Å². The third-order valence-electron chi connectivity index (χ3n) is 2.12. The Morgan fingerprint density at radius 1 is 1.29 bits per heavy atom. The summed E-state index contributed by atoms with van der Waals surface area (Å²) in [4.78, 5) is 0. The fourth-order valence-electron chi connectivity index (χ4n) is 1.53. The van der Waals surface area contributed by atoms with Gasteiger partial charge in [0, 0.05) is 12.6 Å². The van der Waals surface area contributed by atoms with E-state index in [-0.39, 0.29) is 5.82 Å². The summed E-state index contributed by atoms with van der Waals surface area (Å²) in [7, 11) is 1.85. The van der Waals surface area contributed by atoms with Crippen molar-refractivity contribution in [3.8, 4) is 11.3 Å². The number of aromatic nitrogens is 2. The highest BCUT2D eigenvalue weighted by Crippen LogP contribution is 2.20. The molecule has 2 aromatic rings. The number of hydrogen-bond acceptors (Lipinski definition) is 1. The highest BCUT2D eigenvalue weighted by Gasteiger charge is 2.04. The first-order valence-corrected chi connectivity index (χ1v) is 4.43. The van der Waals surface area contributed by atoms with Crippen LogP contribution in [0, 0.1) is 12.7 Å². The predicted molar refractivity (Wildman–Crippen MR) is 53.3 cm³/mol. The molecule has 0 saturated carbocycles. The van der Waals surface area contributed by atoms with Crippen molar-refractivity contribution in [2.24, 2.45) is 7.05 Å². The van der Waals surface area contributed by atoms with Gasteiger partial charge in [-0.2, -0.15) is 5.10 Å². The SMILES string of the molecule is Cc1cc(-c2cccc(F)c2)n(C)n1. The van der Waals surface area contributed by atoms with Crippen molar-refractivity contribution in [2.45, 2.75) is 6.92 Å². The minimum absolute atomic E-state index is 0.221. The molecule has 2 rings (SSSR count). The molecular formula is C11H11FN2. The number of nitrogens with zero attached hydrogens (tertiary/aromatic N) is 2. The van der Waals surface area contributed by atoms with Crippen molar-refractivity contribution in [1.82, 2.24) is 9.78 Å². The maximum atomic E-state index is 13.0.